The van der Waals surface area contributed by atoms with Crippen LogP contribution in [0.25, 0.3) is 0 Å². The van der Waals surface area contributed by atoms with Crippen LogP contribution in [0.3, 0.4) is 0 Å². The molecule has 0 rings (SSSR count). The van der Waals surface area contributed by atoms with Gasteiger partial charge >= 0.3 is 24.1 Å². The van der Waals surface area contributed by atoms with E-state index in [9.17, 15) is 27.6 Å². The molecule has 0 saturated heterocycles. The molecule has 4 N–H and O–H groups in total. The van der Waals surface area contributed by atoms with Gasteiger partial charge in [-0.1, -0.05) is 0 Å². The number of halogens is 3. The van der Waals surface area contributed by atoms with Crippen molar-refractivity contribution in [3.05, 3.63) is 0 Å². The molecular formula is C10H15F3N2O6. The molecule has 0 aromatic carbocycles. The van der Waals surface area contributed by atoms with Gasteiger partial charge in [0.05, 0.1) is 6.61 Å². The highest BCUT2D eigenvalue weighted by atomic mass is 19.4. The molecule has 0 saturated carbocycles. The number of carboxylic acid groups (broad SMARTS) is 2. The topological polar surface area (TPSA) is 125 Å². The summed E-state index contributed by atoms with van der Waals surface area (Å²) in [5, 5.41) is 21.2. The summed E-state index contributed by atoms with van der Waals surface area (Å²) in [6, 6.07) is -2.35. The minimum atomic E-state index is -4.46. The van der Waals surface area contributed by atoms with Gasteiger partial charge in [0.2, 0.25) is 0 Å². The van der Waals surface area contributed by atoms with Crippen LogP contribution in [-0.4, -0.2) is 60.2 Å². The number of carbonyl (C=O) groups excluding carboxylic acids is 1. The zero-order chi connectivity index (χ0) is 16.5. The molecule has 0 aromatic heterocycles. The second kappa shape index (κ2) is 9.00. The number of hydrogen-bond acceptors (Lipinski definition) is 4. The van der Waals surface area contributed by atoms with Crippen LogP contribution in [0.1, 0.15) is 12.8 Å². The molecule has 0 heterocycles. The van der Waals surface area contributed by atoms with Crippen LogP contribution in [-0.2, 0) is 14.3 Å². The third-order valence-electron chi connectivity index (χ3n) is 2.05. The summed E-state index contributed by atoms with van der Waals surface area (Å²) in [7, 11) is 0. The fourth-order valence-corrected chi connectivity index (χ4v) is 1.16. The Balaban J connectivity index is 3.93. The Morgan fingerprint density at radius 3 is 2.29 bits per heavy atom. The van der Waals surface area contributed by atoms with Gasteiger partial charge < -0.3 is 25.6 Å². The zero-order valence-corrected chi connectivity index (χ0v) is 10.8. The van der Waals surface area contributed by atoms with Crippen LogP contribution in [0, 0.1) is 0 Å². The van der Waals surface area contributed by atoms with Crippen LogP contribution in [0.15, 0.2) is 0 Å². The smallest absolute Gasteiger partial charge is 0.411 e. The molecule has 0 aliphatic rings. The Bertz CT molecular complexity index is 374. The van der Waals surface area contributed by atoms with Crippen molar-refractivity contribution < 1.29 is 42.5 Å². The first-order valence-electron chi connectivity index (χ1n) is 5.75. The number of amides is 2. The number of nitrogens with one attached hydrogen (secondary N) is 2. The molecular weight excluding hydrogens is 301 g/mol. The van der Waals surface area contributed by atoms with Gasteiger partial charge in [0.1, 0.15) is 12.6 Å². The molecule has 2 amide bonds. The van der Waals surface area contributed by atoms with Crippen molar-refractivity contribution in [3.63, 3.8) is 0 Å². The molecule has 11 heteroatoms. The third-order valence-corrected chi connectivity index (χ3v) is 2.05. The molecule has 0 spiro atoms. The lowest BCUT2D eigenvalue weighted by Gasteiger charge is -2.14. The monoisotopic (exact) mass is 316 g/mol. The van der Waals surface area contributed by atoms with E-state index < -0.39 is 49.8 Å². The molecule has 0 aliphatic carbocycles. The maximum atomic E-state index is 11.7. The molecule has 8 nitrogen and oxygen atoms in total. The number of carbonyl (C=O) groups is 3. The fraction of sp³-hybridized carbons (Fsp3) is 0.700. The quantitative estimate of drug-likeness (QED) is 0.450. The summed E-state index contributed by atoms with van der Waals surface area (Å²) in [4.78, 5) is 32.3. The van der Waals surface area contributed by atoms with Gasteiger partial charge in [-0.25, -0.2) is 9.59 Å². The van der Waals surface area contributed by atoms with Crippen LogP contribution in [0.2, 0.25) is 0 Å². The molecule has 0 aromatic rings. The molecule has 21 heavy (non-hydrogen) atoms. The molecule has 1 atom stereocenters. The number of alkyl halides is 3. The fourth-order valence-electron chi connectivity index (χ4n) is 1.16. The van der Waals surface area contributed by atoms with E-state index in [1.54, 1.807) is 0 Å². The summed E-state index contributed by atoms with van der Waals surface area (Å²) in [6.07, 6.45) is -5.23. The predicted octanol–water partition coefficient (Wildman–Crippen LogP) is 0.182. The molecule has 0 fully saturated rings. The molecule has 122 valence electrons. The van der Waals surface area contributed by atoms with E-state index in [0.29, 0.717) is 0 Å². The van der Waals surface area contributed by atoms with Gasteiger partial charge in [0.15, 0.2) is 0 Å². The van der Waals surface area contributed by atoms with Crippen LogP contribution in [0.5, 0.6) is 0 Å². The second-order valence-corrected chi connectivity index (χ2v) is 3.89. The summed E-state index contributed by atoms with van der Waals surface area (Å²) < 4.78 is 39.4. The van der Waals surface area contributed by atoms with Gasteiger partial charge in [-0.05, 0) is 6.42 Å². The van der Waals surface area contributed by atoms with Crippen molar-refractivity contribution in [3.8, 4) is 0 Å². The largest absolute Gasteiger partial charge is 0.481 e. The lowest BCUT2D eigenvalue weighted by Crippen LogP contribution is -2.47. The maximum absolute atomic E-state index is 11.7. The van der Waals surface area contributed by atoms with Crippen molar-refractivity contribution in [1.29, 1.82) is 0 Å². The van der Waals surface area contributed by atoms with Gasteiger partial charge in [-0.2, -0.15) is 13.2 Å². The summed E-state index contributed by atoms with van der Waals surface area (Å²) in [6.45, 7) is -2.11. The Morgan fingerprint density at radius 2 is 1.81 bits per heavy atom. The number of carboxylic acids is 2. The Kier molecular flexibility index (Phi) is 8.12. The van der Waals surface area contributed by atoms with Crippen molar-refractivity contribution in [1.82, 2.24) is 10.6 Å². The van der Waals surface area contributed by atoms with E-state index in [4.69, 9.17) is 10.2 Å². The lowest BCUT2D eigenvalue weighted by molar-refractivity contribution is -0.173. The van der Waals surface area contributed by atoms with E-state index in [2.05, 4.69) is 10.1 Å². The molecule has 0 radical (unpaired) electrons. The van der Waals surface area contributed by atoms with Crippen molar-refractivity contribution in [2.24, 2.45) is 0 Å². The Labute approximate surface area is 117 Å². The van der Waals surface area contributed by atoms with Crippen molar-refractivity contribution in [2.45, 2.75) is 25.1 Å². The highest BCUT2D eigenvalue weighted by Crippen LogP contribution is 2.13. The number of hydrogen-bond donors (Lipinski definition) is 4. The minimum Gasteiger partial charge on any atom is -0.481 e. The first kappa shape index (κ1) is 19.0. The number of aliphatic carboxylic acids is 2. The summed E-state index contributed by atoms with van der Waals surface area (Å²) in [5.74, 6) is -2.64. The van der Waals surface area contributed by atoms with Crippen LogP contribution in [0.4, 0.5) is 18.0 Å². The van der Waals surface area contributed by atoms with Crippen LogP contribution >= 0.6 is 0 Å². The zero-order valence-electron chi connectivity index (χ0n) is 10.8. The van der Waals surface area contributed by atoms with Crippen molar-refractivity contribution in [2.75, 3.05) is 19.8 Å². The van der Waals surface area contributed by atoms with Gasteiger partial charge in [0.25, 0.3) is 0 Å². The summed E-state index contributed by atoms with van der Waals surface area (Å²) in [5.41, 5.74) is 0. The predicted molar refractivity (Wildman–Crippen MR) is 61.7 cm³/mol. The van der Waals surface area contributed by atoms with Crippen LogP contribution < -0.4 is 10.6 Å². The van der Waals surface area contributed by atoms with Gasteiger partial charge in [0, 0.05) is 13.0 Å². The van der Waals surface area contributed by atoms with E-state index in [1.807, 2.05) is 5.32 Å². The standard InChI is InChI=1S/C10H15F3N2O6/c11-10(12,13)5-21-4-3-14-9(20)15-6(8(18)19)1-2-7(16)17/h6H,1-5H2,(H,16,17)(H,18,19)(H2,14,15,20)/t6-/m0/s1. The van der Waals surface area contributed by atoms with E-state index in [0.717, 1.165) is 0 Å². The first-order chi connectivity index (χ1) is 9.61. The SMILES string of the molecule is O=C(O)CC[C@H](NC(=O)NCCOCC(F)(F)F)C(=O)O. The average molecular weight is 316 g/mol. The highest BCUT2D eigenvalue weighted by molar-refractivity contribution is 5.82. The Morgan fingerprint density at radius 1 is 1.19 bits per heavy atom. The highest BCUT2D eigenvalue weighted by Gasteiger charge is 2.27. The second-order valence-electron chi connectivity index (χ2n) is 3.89. The minimum absolute atomic E-state index is 0.257. The molecule has 0 unspecified atom stereocenters. The number of ether oxygens (including phenoxy) is 1. The van der Waals surface area contributed by atoms with E-state index in [-0.39, 0.29) is 13.0 Å². The molecule has 0 bridgehead atoms. The maximum Gasteiger partial charge on any atom is 0.411 e. The van der Waals surface area contributed by atoms with E-state index in [1.165, 1.54) is 0 Å². The van der Waals surface area contributed by atoms with Gasteiger partial charge in [-0.3, -0.25) is 4.79 Å². The van der Waals surface area contributed by atoms with Gasteiger partial charge in [-0.15, -0.1) is 0 Å². The average Bonchev–Trinajstić information content (AvgIpc) is 2.31. The number of urea groups is 1. The van der Waals surface area contributed by atoms with E-state index >= 15 is 0 Å². The third kappa shape index (κ3) is 11.5. The Hall–Kier alpha value is -2.04. The lowest BCUT2D eigenvalue weighted by atomic mass is 10.1. The molecule has 0 aliphatic heterocycles. The first-order valence-corrected chi connectivity index (χ1v) is 5.75. The van der Waals surface area contributed by atoms with Crippen molar-refractivity contribution >= 4 is 18.0 Å². The summed E-state index contributed by atoms with van der Waals surface area (Å²) >= 11 is 0. The number of rotatable bonds is 9. The normalized spacial score (nSPS) is 12.5.